The molecule has 1 heterocycles. The van der Waals surface area contributed by atoms with Crippen molar-refractivity contribution in [3.05, 3.63) is 36.2 Å². The van der Waals surface area contributed by atoms with E-state index in [0.29, 0.717) is 5.56 Å². The lowest BCUT2D eigenvalue weighted by Crippen LogP contribution is -1.77. The summed E-state index contributed by atoms with van der Waals surface area (Å²) < 4.78 is 0. The molecule has 0 fully saturated rings. The zero-order valence-electron chi connectivity index (χ0n) is 7.14. The summed E-state index contributed by atoms with van der Waals surface area (Å²) in [6.07, 6.45) is 1.46. The van der Waals surface area contributed by atoms with Crippen molar-refractivity contribution in [2.24, 2.45) is 0 Å². The van der Waals surface area contributed by atoms with E-state index in [1.54, 1.807) is 12.1 Å². The summed E-state index contributed by atoms with van der Waals surface area (Å²) >= 11 is 1.47. The quantitative estimate of drug-likeness (QED) is 0.806. The number of H-pyrrole nitrogens is 1. The van der Waals surface area contributed by atoms with Crippen LogP contribution in [0.4, 0.5) is 0 Å². The molecule has 0 saturated carbocycles. The standard InChI is InChI=1S/C9H6N4S/c10-5-7-1-3-8(4-2-7)14-9-11-6-12-13-9/h1-4,6H,(H,11,12,13). The van der Waals surface area contributed by atoms with Crippen LogP contribution in [0.5, 0.6) is 0 Å². The van der Waals surface area contributed by atoms with E-state index in [1.807, 2.05) is 12.1 Å². The summed E-state index contributed by atoms with van der Waals surface area (Å²) in [5.41, 5.74) is 0.659. The van der Waals surface area contributed by atoms with Crippen LogP contribution in [0.2, 0.25) is 0 Å². The maximum absolute atomic E-state index is 8.60. The molecular formula is C9H6N4S. The molecule has 14 heavy (non-hydrogen) atoms. The Bertz CT molecular complexity index is 441. The van der Waals surface area contributed by atoms with Gasteiger partial charge in [0.2, 0.25) is 0 Å². The van der Waals surface area contributed by atoms with Crippen LogP contribution in [0.25, 0.3) is 0 Å². The molecule has 0 aliphatic heterocycles. The van der Waals surface area contributed by atoms with Crippen LogP contribution in [-0.4, -0.2) is 15.2 Å². The molecular weight excluding hydrogens is 196 g/mol. The molecule has 0 radical (unpaired) electrons. The molecule has 0 atom stereocenters. The summed E-state index contributed by atoms with van der Waals surface area (Å²) in [6, 6.07) is 9.38. The van der Waals surface area contributed by atoms with Crippen LogP contribution in [0.1, 0.15) is 5.56 Å². The van der Waals surface area contributed by atoms with Gasteiger partial charge in [-0.2, -0.15) is 10.4 Å². The Morgan fingerprint density at radius 3 is 2.64 bits per heavy atom. The summed E-state index contributed by atoms with van der Waals surface area (Å²) in [5.74, 6) is 0. The van der Waals surface area contributed by atoms with Crippen molar-refractivity contribution in [1.29, 1.82) is 5.26 Å². The van der Waals surface area contributed by atoms with Crippen LogP contribution in [0, 0.1) is 11.3 Å². The van der Waals surface area contributed by atoms with Gasteiger partial charge in [-0.05, 0) is 24.3 Å². The molecule has 0 spiro atoms. The Hall–Kier alpha value is -1.80. The smallest absolute Gasteiger partial charge is 0.188 e. The lowest BCUT2D eigenvalue weighted by atomic mass is 10.2. The second kappa shape index (κ2) is 3.94. The zero-order valence-corrected chi connectivity index (χ0v) is 7.95. The van der Waals surface area contributed by atoms with Crippen molar-refractivity contribution in [1.82, 2.24) is 15.2 Å². The first kappa shape index (κ1) is 8.78. The molecule has 1 N–H and O–H groups in total. The Morgan fingerprint density at radius 2 is 2.07 bits per heavy atom. The Morgan fingerprint density at radius 1 is 1.29 bits per heavy atom. The van der Waals surface area contributed by atoms with E-state index in [0.717, 1.165) is 10.1 Å². The first-order valence-electron chi connectivity index (χ1n) is 3.92. The lowest BCUT2D eigenvalue weighted by Gasteiger charge is -1.96. The first-order chi connectivity index (χ1) is 6.88. The molecule has 2 aromatic rings. The fraction of sp³-hybridized carbons (Fsp3) is 0. The highest BCUT2D eigenvalue weighted by Gasteiger charge is 1.99. The highest BCUT2D eigenvalue weighted by atomic mass is 32.2. The second-order valence-electron chi connectivity index (χ2n) is 2.53. The molecule has 0 unspecified atom stereocenters. The van der Waals surface area contributed by atoms with Crippen molar-refractivity contribution in [3.63, 3.8) is 0 Å². The van der Waals surface area contributed by atoms with E-state index >= 15 is 0 Å². The first-order valence-corrected chi connectivity index (χ1v) is 4.73. The molecule has 0 bridgehead atoms. The molecule has 0 saturated heterocycles. The highest BCUT2D eigenvalue weighted by Crippen LogP contribution is 2.23. The Kier molecular flexibility index (Phi) is 2.47. The minimum atomic E-state index is 0.659. The van der Waals surface area contributed by atoms with Crippen molar-refractivity contribution in [2.75, 3.05) is 0 Å². The number of nitrogens with zero attached hydrogens (tertiary/aromatic N) is 3. The lowest BCUT2D eigenvalue weighted by molar-refractivity contribution is 0.973. The van der Waals surface area contributed by atoms with Gasteiger partial charge in [0, 0.05) is 4.90 Å². The minimum absolute atomic E-state index is 0.659. The van der Waals surface area contributed by atoms with Crippen molar-refractivity contribution in [3.8, 4) is 6.07 Å². The van der Waals surface area contributed by atoms with Crippen molar-refractivity contribution in [2.45, 2.75) is 10.1 Å². The van der Waals surface area contributed by atoms with Gasteiger partial charge in [-0.25, -0.2) is 4.98 Å². The summed E-state index contributed by atoms with van der Waals surface area (Å²) in [5, 5.41) is 15.8. The number of benzene rings is 1. The number of nitrogens with one attached hydrogen (secondary N) is 1. The number of hydrogen-bond donors (Lipinski definition) is 1. The fourth-order valence-electron chi connectivity index (χ4n) is 0.953. The van der Waals surface area contributed by atoms with Gasteiger partial charge in [-0.3, -0.25) is 5.10 Å². The van der Waals surface area contributed by atoms with E-state index in [2.05, 4.69) is 21.3 Å². The summed E-state index contributed by atoms with van der Waals surface area (Å²) in [4.78, 5) is 5.01. The molecule has 4 nitrogen and oxygen atoms in total. The van der Waals surface area contributed by atoms with Gasteiger partial charge in [0.15, 0.2) is 5.16 Å². The molecule has 0 amide bonds. The molecule has 68 valence electrons. The monoisotopic (exact) mass is 202 g/mol. The van der Waals surface area contributed by atoms with Crippen LogP contribution < -0.4 is 0 Å². The maximum atomic E-state index is 8.60. The highest BCUT2D eigenvalue weighted by molar-refractivity contribution is 7.99. The van der Waals surface area contributed by atoms with Crippen LogP contribution in [0.3, 0.4) is 0 Å². The molecule has 2 rings (SSSR count). The third kappa shape index (κ3) is 1.92. The van der Waals surface area contributed by atoms with E-state index in [9.17, 15) is 0 Å². The average Bonchev–Trinajstić information content (AvgIpc) is 2.72. The predicted octanol–water partition coefficient (Wildman–Crippen LogP) is 1.83. The zero-order chi connectivity index (χ0) is 9.80. The van der Waals surface area contributed by atoms with E-state index < -0.39 is 0 Å². The number of nitriles is 1. The van der Waals surface area contributed by atoms with E-state index in [4.69, 9.17) is 5.26 Å². The minimum Gasteiger partial charge on any atom is -0.254 e. The summed E-state index contributed by atoms with van der Waals surface area (Å²) in [7, 11) is 0. The van der Waals surface area contributed by atoms with Gasteiger partial charge in [-0.1, -0.05) is 11.8 Å². The number of rotatable bonds is 2. The van der Waals surface area contributed by atoms with Gasteiger partial charge in [0.25, 0.3) is 0 Å². The van der Waals surface area contributed by atoms with Gasteiger partial charge in [-0.15, -0.1) is 0 Å². The van der Waals surface area contributed by atoms with Crippen LogP contribution >= 0.6 is 11.8 Å². The second-order valence-corrected chi connectivity index (χ2v) is 3.59. The molecule has 1 aromatic heterocycles. The molecule has 1 aromatic carbocycles. The third-order valence-electron chi connectivity index (χ3n) is 1.59. The fourth-order valence-corrected chi connectivity index (χ4v) is 1.65. The third-order valence-corrected chi connectivity index (χ3v) is 2.49. The van der Waals surface area contributed by atoms with E-state index in [-0.39, 0.29) is 0 Å². The van der Waals surface area contributed by atoms with E-state index in [1.165, 1.54) is 18.1 Å². The van der Waals surface area contributed by atoms with Gasteiger partial charge >= 0.3 is 0 Å². The number of hydrogen-bond acceptors (Lipinski definition) is 4. The Labute approximate surface area is 85.0 Å². The van der Waals surface area contributed by atoms with Crippen molar-refractivity contribution < 1.29 is 0 Å². The van der Waals surface area contributed by atoms with Crippen molar-refractivity contribution >= 4 is 11.8 Å². The van der Waals surface area contributed by atoms with Gasteiger partial charge < -0.3 is 0 Å². The SMILES string of the molecule is N#Cc1ccc(Sc2ncn[nH]2)cc1. The molecule has 0 aliphatic carbocycles. The van der Waals surface area contributed by atoms with Gasteiger partial charge in [0.05, 0.1) is 11.6 Å². The predicted molar refractivity (Wildman–Crippen MR) is 51.7 cm³/mol. The topological polar surface area (TPSA) is 65.4 Å². The maximum Gasteiger partial charge on any atom is 0.188 e. The number of aromatic nitrogens is 3. The van der Waals surface area contributed by atoms with Crippen LogP contribution in [-0.2, 0) is 0 Å². The normalized spacial score (nSPS) is 9.64. The Balaban J connectivity index is 2.15. The van der Waals surface area contributed by atoms with Crippen LogP contribution in [0.15, 0.2) is 40.6 Å². The molecule has 0 aliphatic rings. The average molecular weight is 202 g/mol. The largest absolute Gasteiger partial charge is 0.254 e. The number of aromatic amines is 1. The van der Waals surface area contributed by atoms with Gasteiger partial charge in [0.1, 0.15) is 6.33 Å². The summed E-state index contributed by atoms with van der Waals surface area (Å²) in [6.45, 7) is 0. The molecule has 5 heteroatoms.